The first-order valence-corrected chi connectivity index (χ1v) is 12.0. The molecule has 0 aliphatic rings. The Balaban J connectivity index is 1.70. The standard InChI is InChI=1S/C27H25O2P/c1-27(28,24-19-17-23(18-20-24)22-11-5-2-6-12-22)21-30(29,25-13-7-3-8-14-25)26-15-9-4-10-16-26/h2-20,28H,21H2,1H3. The minimum atomic E-state index is -3.03. The molecule has 0 aliphatic heterocycles. The molecule has 1 unspecified atom stereocenters. The van der Waals surface area contributed by atoms with Crippen LogP contribution in [-0.2, 0) is 10.2 Å². The Hall–Kier alpha value is -2.93. The summed E-state index contributed by atoms with van der Waals surface area (Å²) in [5, 5.41) is 13.0. The van der Waals surface area contributed by atoms with Crippen LogP contribution in [0.4, 0.5) is 0 Å². The molecule has 3 heteroatoms. The summed E-state index contributed by atoms with van der Waals surface area (Å²) in [5.74, 6) is 0. The fourth-order valence-electron chi connectivity index (χ4n) is 3.85. The van der Waals surface area contributed by atoms with Gasteiger partial charge >= 0.3 is 0 Å². The Bertz CT molecular complexity index is 1090. The Morgan fingerprint density at radius 2 is 1.03 bits per heavy atom. The van der Waals surface area contributed by atoms with E-state index < -0.39 is 12.7 Å². The molecular formula is C27H25O2P. The summed E-state index contributed by atoms with van der Waals surface area (Å²) in [7, 11) is -3.03. The van der Waals surface area contributed by atoms with Crippen molar-refractivity contribution in [2.45, 2.75) is 12.5 Å². The lowest BCUT2D eigenvalue weighted by Crippen LogP contribution is -2.32. The number of benzene rings is 4. The Labute approximate surface area is 178 Å². The van der Waals surface area contributed by atoms with E-state index in [2.05, 4.69) is 12.1 Å². The normalized spacial score (nSPS) is 13.5. The highest BCUT2D eigenvalue weighted by Crippen LogP contribution is 2.48. The maximum atomic E-state index is 14.3. The summed E-state index contributed by atoms with van der Waals surface area (Å²) in [5.41, 5.74) is 1.73. The summed E-state index contributed by atoms with van der Waals surface area (Å²) < 4.78 is 14.3. The van der Waals surface area contributed by atoms with Crippen molar-refractivity contribution in [3.63, 3.8) is 0 Å². The largest absolute Gasteiger partial charge is 0.385 e. The average Bonchev–Trinajstić information content (AvgIpc) is 2.80. The molecule has 30 heavy (non-hydrogen) atoms. The number of hydrogen-bond donors (Lipinski definition) is 1. The highest BCUT2D eigenvalue weighted by Gasteiger charge is 2.37. The van der Waals surface area contributed by atoms with E-state index in [1.165, 1.54) is 0 Å². The van der Waals surface area contributed by atoms with Gasteiger partial charge < -0.3 is 9.67 Å². The molecule has 2 nitrogen and oxygen atoms in total. The third-order valence-corrected chi connectivity index (χ3v) is 8.82. The van der Waals surface area contributed by atoms with Crippen LogP contribution in [0.15, 0.2) is 115 Å². The van der Waals surface area contributed by atoms with Crippen molar-refractivity contribution in [1.82, 2.24) is 0 Å². The summed E-state index contributed by atoms with van der Waals surface area (Å²) in [6.45, 7) is 1.75. The Morgan fingerprint density at radius 3 is 1.50 bits per heavy atom. The van der Waals surface area contributed by atoms with E-state index >= 15 is 0 Å². The van der Waals surface area contributed by atoms with E-state index in [4.69, 9.17) is 0 Å². The van der Waals surface area contributed by atoms with Gasteiger partial charge in [0.2, 0.25) is 0 Å². The second kappa shape index (κ2) is 8.44. The average molecular weight is 412 g/mol. The van der Waals surface area contributed by atoms with Gasteiger partial charge in [-0.05, 0) is 23.6 Å². The smallest absolute Gasteiger partial charge is 0.146 e. The van der Waals surface area contributed by atoms with Gasteiger partial charge in [0.15, 0.2) is 0 Å². The van der Waals surface area contributed by atoms with Gasteiger partial charge in [-0.1, -0.05) is 115 Å². The molecule has 0 aliphatic carbocycles. The molecule has 0 aromatic heterocycles. The molecule has 0 bridgehead atoms. The monoisotopic (exact) mass is 412 g/mol. The first-order chi connectivity index (χ1) is 14.5. The fourth-order valence-corrected chi connectivity index (χ4v) is 6.87. The number of hydrogen-bond acceptors (Lipinski definition) is 2. The van der Waals surface area contributed by atoms with E-state index in [0.717, 1.165) is 27.3 Å². The molecule has 4 aromatic rings. The zero-order valence-electron chi connectivity index (χ0n) is 17.0. The summed E-state index contributed by atoms with van der Waals surface area (Å²) in [4.78, 5) is 0. The van der Waals surface area contributed by atoms with Crippen LogP contribution in [0.3, 0.4) is 0 Å². The predicted molar refractivity (Wildman–Crippen MR) is 126 cm³/mol. The molecule has 0 fully saturated rings. The second-order valence-corrected chi connectivity index (χ2v) is 10.6. The van der Waals surface area contributed by atoms with Crippen LogP contribution >= 0.6 is 7.14 Å². The van der Waals surface area contributed by atoms with Gasteiger partial charge in [-0.2, -0.15) is 0 Å². The Kier molecular flexibility index (Phi) is 5.72. The van der Waals surface area contributed by atoms with Crippen LogP contribution in [0.1, 0.15) is 12.5 Å². The molecule has 4 rings (SSSR count). The molecule has 1 atom stereocenters. The maximum Gasteiger partial charge on any atom is 0.146 e. The SMILES string of the molecule is CC(O)(CP(=O)(c1ccccc1)c1ccccc1)c1ccc(-c2ccccc2)cc1. The topological polar surface area (TPSA) is 37.3 Å². The van der Waals surface area contributed by atoms with Gasteiger partial charge in [-0.25, -0.2) is 0 Å². The molecule has 0 heterocycles. The van der Waals surface area contributed by atoms with Crippen LogP contribution in [0, 0.1) is 0 Å². The zero-order chi connectivity index (χ0) is 21.0. The Morgan fingerprint density at radius 1 is 0.633 bits per heavy atom. The molecule has 0 amide bonds. The third kappa shape index (κ3) is 4.16. The zero-order valence-corrected chi connectivity index (χ0v) is 17.9. The molecule has 1 N–H and O–H groups in total. The third-order valence-electron chi connectivity index (χ3n) is 5.49. The first kappa shape index (κ1) is 20.3. The van der Waals surface area contributed by atoms with Gasteiger partial charge in [0.25, 0.3) is 0 Å². The van der Waals surface area contributed by atoms with E-state index in [1.54, 1.807) is 6.92 Å². The van der Waals surface area contributed by atoms with Crippen LogP contribution in [0.5, 0.6) is 0 Å². The van der Waals surface area contributed by atoms with Crippen molar-refractivity contribution in [1.29, 1.82) is 0 Å². The van der Waals surface area contributed by atoms with Crippen LogP contribution in [0.2, 0.25) is 0 Å². The van der Waals surface area contributed by atoms with Gasteiger partial charge in [-0.15, -0.1) is 0 Å². The number of rotatable bonds is 6. The lowest BCUT2D eigenvalue weighted by molar-refractivity contribution is 0.0820. The van der Waals surface area contributed by atoms with Gasteiger partial charge in [-0.3, -0.25) is 0 Å². The van der Waals surface area contributed by atoms with Crippen LogP contribution < -0.4 is 10.6 Å². The van der Waals surface area contributed by atoms with E-state index in [-0.39, 0.29) is 6.16 Å². The van der Waals surface area contributed by atoms with Crippen molar-refractivity contribution in [3.8, 4) is 11.1 Å². The summed E-state index contributed by atoms with van der Waals surface area (Å²) >= 11 is 0. The quantitative estimate of drug-likeness (QED) is 0.420. The highest BCUT2D eigenvalue weighted by atomic mass is 31.2. The summed E-state index contributed by atoms with van der Waals surface area (Å²) in [6, 6.07) is 37.0. The highest BCUT2D eigenvalue weighted by molar-refractivity contribution is 7.78. The summed E-state index contributed by atoms with van der Waals surface area (Å²) in [6.07, 6.45) is 0.138. The van der Waals surface area contributed by atoms with E-state index in [1.807, 2.05) is 103 Å². The van der Waals surface area contributed by atoms with Gasteiger partial charge in [0.1, 0.15) is 7.14 Å². The molecular weight excluding hydrogens is 387 g/mol. The minimum absolute atomic E-state index is 0.138. The van der Waals surface area contributed by atoms with Crippen molar-refractivity contribution >= 4 is 17.8 Å². The maximum absolute atomic E-state index is 14.3. The number of aliphatic hydroxyl groups is 1. The van der Waals surface area contributed by atoms with Crippen LogP contribution in [-0.4, -0.2) is 11.3 Å². The van der Waals surface area contributed by atoms with Gasteiger partial charge in [0, 0.05) is 16.8 Å². The van der Waals surface area contributed by atoms with E-state index in [9.17, 15) is 9.67 Å². The van der Waals surface area contributed by atoms with Crippen molar-refractivity contribution in [3.05, 3.63) is 121 Å². The van der Waals surface area contributed by atoms with Crippen molar-refractivity contribution in [2.24, 2.45) is 0 Å². The minimum Gasteiger partial charge on any atom is -0.385 e. The lowest BCUT2D eigenvalue weighted by atomic mass is 9.95. The molecule has 0 spiro atoms. The molecule has 0 radical (unpaired) electrons. The van der Waals surface area contributed by atoms with Gasteiger partial charge in [0.05, 0.1) is 5.60 Å². The lowest BCUT2D eigenvalue weighted by Gasteiger charge is -2.30. The predicted octanol–water partition coefficient (Wildman–Crippen LogP) is 5.58. The molecule has 0 saturated heterocycles. The molecule has 150 valence electrons. The van der Waals surface area contributed by atoms with Crippen molar-refractivity contribution in [2.75, 3.05) is 6.16 Å². The van der Waals surface area contributed by atoms with Crippen LogP contribution in [0.25, 0.3) is 11.1 Å². The van der Waals surface area contributed by atoms with Crippen molar-refractivity contribution < 1.29 is 9.67 Å². The second-order valence-electron chi connectivity index (χ2n) is 7.79. The van der Waals surface area contributed by atoms with E-state index in [0.29, 0.717) is 0 Å². The molecule has 4 aromatic carbocycles. The first-order valence-electron chi connectivity index (χ1n) is 10.1. The molecule has 0 saturated carbocycles. The fraction of sp³-hybridized carbons (Fsp3) is 0.111.